The molecule has 7 heteroatoms. The van der Waals surface area contributed by atoms with E-state index >= 15 is 0 Å². The first-order chi connectivity index (χ1) is 16.3. The van der Waals surface area contributed by atoms with E-state index in [-0.39, 0.29) is 18.0 Å². The quantitative estimate of drug-likeness (QED) is 0.401. The molecular weight excluding hydrogens is 428 g/mol. The molecule has 0 aliphatic carbocycles. The Morgan fingerprint density at radius 2 is 1.59 bits per heavy atom. The van der Waals surface area contributed by atoms with Crippen LogP contribution in [0, 0.1) is 27.7 Å². The monoisotopic (exact) mass is 452 g/mol. The van der Waals surface area contributed by atoms with Crippen LogP contribution < -0.4 is 11.2 Å². The Morgan fingerprint density at radius 1 is 0.853 bits per heavy atom. The molecule has 5 aromatic rings. The Morgan fingerprint density at radius 3 is 2.32 bits per heavy atom. The van der Waals surface area contributed by atoms with Crippen LogP contribution in [0.4, 0.5) is 0 Å². The summed E-state index contributed by atoms with van der Waals surface area (Å²) in [4.78, 5) is 31.5. The first-order valence-corrected chi connectivity index (χ1v) is 11.1. The summed E-state index contributed by atoms with van der Waals surface area (Å²) in [5, 5.41) is 4.55. The van der Waals surface area contributed by atoms with E-state index in [1.54, 1.807) is 24.3 Å². The predicted molar refractivity (Wildman–Crippen MR) is 132 cm³/mol. The Kier molecular flexibility index (Phi) is 5.24. The van der Waals surface area contributed by atoms with E-state index in [0.717, 1.165) is 22.3 Å². The van der Waals surface area contributed by atoms with Crippen molar-refractivity contribution in [1.29, 1.82) is 0 Å². The van der Waals surface area contributed by atoms with Crippen molar-refractivity contribution in [2.24, 2.45) is 0 Å². The molecule has 0 spiro atoms. The summed E-state index contributed by atoms with van der Waals surface area (Å²) in [7, 11) is 0. The highest BCUT2D eigenvalue weighted by Gasteiger charge is 2.18. The van der Waals surface area contributed by atoms with Crippen molar-refractivity contribution in [3.05, 3.63) is 110 Å². The molecule has 3 aromatic carbocycles. The number of rotatable bonds is 4. The fourth-order valence-corrected chi connectivity index (χ4v) is 4.23. The lowest BCUT2D eigenvalue weighted by Gasteiger charge is -2.13. The lowest BCUT2D eigenvalue weighted by Crippen LogP contribution is -2.39. The fraction of sp³-hybridized carbons (Fsp3) is 0.185. The molecule has 0 radical (unpaired) electrons. The van der Waals surface area contributed by atoms with Crippen LogP contribution in [0.1, 0.15) is 28.1 Å². The van der Waals surface area contributed by atoms with Crippen LogP contribution in [-0.4, -0.2) is 19.3 Å². The second kappa shape index (κ2) is 8.26. The van der Waals surface area contributed by atoms with Crippen molar-refractivity contribution in [2.75, 3.05) is 0 Å². The van der Waals surface area contributed by atoms with Crippen LogP contribution in [0.2, 0.25) is 0 Å². The molecule has 170 valence electrons. The van der Waals surface area contributed by atoms with E-state index in [1.807, 2.05) is 64.1 Å². The van der Waals surface area contributed by atoms with Gasteiger partial charge in [0.05, 0.1) is 16.6 Å². The van der Waals surface area contributed by atoms with Gasteiger partial charge in [0, 0.05) is 5.56 Å². The summed E-state index contributed by atoms with van der Waals surface area (Å²) in [5.41, 5.74) is 5.33. The minimum absolute atomic E-state index is 0.0439. The third-order valence-electron chi connectivity index (χ3n) is 6.04. The number of para-hydroxylation sites is 1. The molecule has 0 atom stereocenters. The fourth-order valence-electron chi connectivity index (χ4n) is 4.23. The molecule has 34 heavy (non-hydrogen) atoms. The number of aromatic nitrogens is 4. The average Bonchev–Trinajstić information content (AvgIpc) is 3.27. The van der Waals surface area contributed by atoms with E-state index < -0.39 is 5.69 Å². The predicted octanol–water partition coefficient (Wildman–Crippen LogP) is 4.48. The highest BCUT2D eigenvalue weighted by molar-refractivity contribution is 5.78. The van der Waals surface area contributed by atoms with E-state index in [2.05, 4.69) is 10.1 Å². The van der Waals surface area contributed by atoms with Crippen molar-refractivity contribution < 1.29 is 4.52 Å². The van der Waals surface area contributed by atoms with Crippen LogP contribution in [-0.2, 0) is 6.54 Å². The second-order valence-corrected chi connectivity index (χ2v) is 8.68. The maximum Gasteiger partial charge on any atom is 0.336 e. The van der Waals surface area contributed by atoms with Crippen LogP contribution in [0.5, 0.6) is 0 Å². The van der Waals surface area contributed by atoms with Gasteiger partial charge in [-0.2, -0.15) is 4.98 Å². The second-order valence-electron chi connectivity index (χ2n) is 8.68. The first kappa shape index (κ1) is 21.6. The maximum absolute atomic E-state index is 13.6. The van der Waals surface area contributed by atoms with Gasteiger partial charge in [0.1, 0.15) is 6.54 Å². The number of hydrogen-bond acceptors (Lipinski definition) is 5. The molecule has 0 aliphatic heterocycles. The first-order valence-electron chi connectivity index (χ1n) is 11.1. The molecule has 5 rings (SSSR count). The lowest BCUT2D eigenvalue weighted by molar-refractivity contribution is 0.370. The van der Waals surface area contributed by atoms with Crippen molar-refractivity contribution in [1.82, 2.24) is 19.3 Å². The number of aryl methyl sites for hydroxylation is 4. The SMILES string of the molecule is Cc1cc(C)cc(-n2c(=O)c3ccccc3n(Cc3nc(-c4ccc(C)c(C)c4)no3)c2=O)c1. The number of hydrogen-bond donors (Lipinski definition) is 0. The van der Waals surface area contributed by atoms with Crippen LogP contribution in [0.25, 0.3) is 28.0 Å². The smallest absolute Gasteiger partial charge is 0.336 e. The maximum atomic E-state index is 13.6. The third-order valence-corrected chi connectivity index (χ3v) is 6.04. The van der Waals surface area contributed by atoms with Crippen LogP contribution >= 0.6 is 0 Å². The van der Waals surface area contributed by atoms with Crippen molar-refractivity contribution >= 4 is 10.9 Å². The van der Waals surface area contributed by atoms with Gasteiger partial charge in [0.25, 0.3) is 5.56 Å². The van der Waals surface area contributed by atoms with Crippen molar-refractivity contribution in [3.63, 3.8) is 0 Å². The largest absolute Gasteiger partial charge is 0.337 e. The summed E-state index contributed by atoms with van der Waals surface area (Å²) >= 11 is 0. The molecule has 0 amide bonds. The summed E-state index contributed by atoms with van der Waals surface area (Å²) < 4.78 is 8.22. The lowest BCUT2D eigenvalue weighted by atomic mass is 10.1. The Hall–Kier alpha value is -4.26. The minimum atomic E-state index is -0.459. The van der Waals surface area contributed by atoms with Crippen molar-refractivity contribution in [3.8, 4) is 17.1 Å². The molecular formula is C27H24N4O3. The van der Waals surface area contributed by atoms with Crippen molar-refractivity contribution in [2.45, 2.75) is 34.2 Å². The summed E-state index contributed by atoms with van der Waals surface area (Å²) in [6.45, 7) is 7.99. The Bertz CT molecular complexity index is 1650. The number of fused-ring (bicyclic) bond motifs is 1. The third kappa shape index (κ3) is 3.75. The molecule has 2 aromatic heterocycles. The summed E-state index contributed by atoms with van der Waals surface area (Å²) in [5.74, 6) is 0.740. The molecule has 0 aliphatic rings. The van der Waals surface area contributed by atoms with E-state index in [1.165, 1.54) is 14.7 Å². The molecule has 0 N–H and O–H groups in total. The highest BCUT2D eigenvalue weighted by Crippen LogP contribution is 2.20. The van der Waals surface area contributed by atoms with Gasteiger partial charge < -0.3 is 4.52 Å². The highest BCUT2D eigenvalue weighted by atomic mass is 16.5. The summed E-state index contributed by atoms with van der Waals surface area (Å²) in [6, 6.07) is 18.7. The minimum Gasteiger partial charge on any atom is -0.337 e. The van der Waals surface area contributed by atoms with Crippen LogP contribution in [0.15, 0.2) is 74.8 Å². The average molecular weight is 453 g/mol. The van der Waals surface area contributed by atoms with E-state index in [9.17, 15) is 9.59 Å². The van der Waals surface area contributed by atoms with E-state index in [0.29, 0.717) is 22.4 Å². The van der Waals surface area contributed by atoms with Gasteiger partial charge in [-0.3, -0.25) is 9.36 Å². The standard InChI is InChI=1S/C27H24N4O3/c1-16-11-17(2)13-21(12-16)31-26(32)22-7-5-6-8-23(22)30(27(31)33)15-24-28-25(29-34-24)20-10-9-18(3)19(4)14-20/h5-14H,15H2,1-4H3. The van der Waals surface area contributed by atoms with Gasteiger partial charge in [-0.1, -0.05) is 35.5 Å². The van der Waals surface area contributed by atoms with Gasteiger partial charge in [-0.15, -0.1) is 0 Å². The van der Waals surface area contributed by atoms with Gasteiger partial charge in [-0.05, 0) is 80.3 Å². The van der Waals surface area contributed by atoms with Gasteiger partial charge >= 0.3 is 5.69 Å². The summed E-state index contributed by atoms with van der Waals surface area (Å²) in [6.07, 6.45) is 0. The normalized spacial score (nSPS) is 11.3. The molecule has 7 nitrogen and oxygen atoms in total. The molecule has 0 saturated heterocycles. The number of nitrogens with zero attached hydrogens (tertiary/aromatic N) is 4. The topological polar surface area (TPSA) is 82.9 Å². The van der Waals surface area contributed by atoms with Gasteiger partial charge in [-0.25, -0.2) is 9.36 Å². The Balaban J connectivity index is 1.66. The zero-order valence-electron chi connectivity index (χ0n) is 19.5. The Labute approximate surface area is 195 Å². The van der Waals surface area contributed by atoms with Gasteiger partial charge in [0.2, 0.25) is 11.7 Å². The zero-order valence-corrected chi connectivity index (χ0v) is 19.5. The molecule has 2 heterocycles. The zero-order chi connectivity index (χ0) is 24.0. The molecule has 0 saturated carbocycles. The number of benzene rings is 3. The molecule has 0 fully saturated rings. The molecule has 0 unspecified atom stereocenters. The van der Waals surface area contributed by atoms with Gasteiger partial charge in [0.15, 0.2) is 0 Å². The van der Waals surface area contributed by atoms with E-state index in [4.69, 9.17) is 4.52 Å². The van der Waals surface area contributed by atoms with Crippen LogP contribution in [0.3, 0.4) is 0 Å². The molecule has 0 bridgehead atoms.